The third-order valence-corrected chi connectivity index (χ3v) is 9.12. The molecule has 17 nitrogen and oxygen atoms in total. The lowest BCUT2D eigenvalue weighted by Crippen LogP contribution is -2.53. The molecule has 0 aliphatic carbocycles. The van der Waals surface area contributed by atoms with Gasteiger partial charge in [0.25, 0.3) is 0 Å². The van der Waals surface area contributed by atoms with Crippen molar-refractivity contribution in [2.24, 2.45) is 0 Å². The summed E-state index contributed by atoms with van der Waals surface area (Å²) in [5, 5.41) is 36.1. The molecule has 1 aliphatic rings. The van der Waals surface area contributed by atoms with Gasteiger partial charge in [0.2, 0.25) is 23.6 Å². The third kappa shape index (κ3) is 19.8. The number of aliphatic carboxylic acids is 3. The van der Waals surface area contributed by atoms with Gasteiger partial charge in [-0.15, -0.1) is 0 Å². The quantitative estimate of drug-likeness (QED) is 0.103. The van der Waals surface area contributed by atoms with Crippen molar-refractivity contribution < 1.29 is 48.9 Å². The largest absolute Gasteiger partial charge is 0.480 e. The van der Waals surface area contributed by atoms with E-state index in [9.17, 15) is 48.9 Å². The fraction of sp³-hybridized carbons (Fsp3) is 0.618. The first-order valence-electron chi connectivity index (χ1n) is 17.3. The molecular weight excluding hydrogens is 793 g/mol. The predicted molar refractivity (Wildman–Crippen MR) is 198 cm³/mol. The van der Waals surface area contributed by atoms with Gasteiger partial charge in [0, 0.05) is 75.3 Å². The maximum absolute atomic E-state index is 13.4. The predicted octanol–water partition coefficient (Wildman–Crippen LogP) is -0.478. The Morgan fingerprint density at radius 3 is 1.54 bits per heavy atom. The summed E-state index contributed by atoms with van der Waals surface area (Å²) < 4.78 is 1.13. The Morgan fingerprint density at radius 1 is 0.673 bits per heavy atom. The average molecular weight is 846 g/mol. The van der Waals surface area contributed by atoms with E-state index in [2.05, 4.69) is 38.5 Å². The summed E-state index contributed by atoms with van der Waals surface area (Å²) in [6.07, 6.45) is 2.21. The van der Waals surface area contributed by atoms with Gasteiger partial charge in [-0.1, -0.05) is 12.1 Å². The van der Waals surface area contributed by atoms with E-state index in [-0.39, 0.29) is 96.9 Å². The summed E-state index contributed by atoms with van der Waals surface area (Å²) >= 11 is 2.23. The van der Waals surface area contributed by atoms with Crippen LogP contribution in [0.25, 0.3) is 0 Å². The molecule has 1 fully saturated rings. The number of carboxylic acids is 3. The molecule has 52 heavy (non-hydrogen) atoms. The highest BCUT2D eigenvalue weighted by molar-refractivity contribution is 14.1. The molecule has 1 aromatic carbocycles. The molecule has 1 aliphatic heterocycles. The Labute approximate surface area is 317 Å². The number of imide groups is 1. The van der Waals surface area contributed by atoms with Crippen molar-refractivity contribution in [1.82, 2.24) is 35.6 Å². The summed E-state index contributed by atoms with van der Waals surface area (Å²) in [6.45, 7) is 3.68. The van der Waals surface area contributed by atoms with Crippen LogP contribution >= 0.6 is 22.6 Å². The van der Waals surface area contributed by atoms with Gasteiger partial charge < -0.3 is 26.0 Å². The Bertz CT molecular complexity index is 1330. The molecule has 0 bridgehead atoms. The van der Waals surface area contributed by atoms with Crippen molar-refractivity contribution in [3.05, 3.63) is 33.4 Å². The highest BCUT2D eigenvalue weighted by Crippen LogP contribution is 2.10. The average Bonchev–Trinajstić information content (AvgIpc) is 3.04. The summed E-state index contributed by atoms with van der Waals surface area (Å²) in [4.78, 5) is 91.8. The van der Waals surface area contributed by atoms with E-state index in [1.54, 1.807) is 26.5 Å². The number of carboxylic acid groups (broad SMARTS) is 3. The molecule has 290 valence electrons. The molecule has 4 amide bonds. The van der Waals surface area contributed by atoms with Crippen molar-refractivity contribution in [2.45, 2.75) is 58.0 Å². The number of nitrogens with one attached hydrogen (secondary N) is 3. The van der Waals surface area contributed by atoms with Gasteiger partial charge in [0.15, 0.2) is 0 Å². The third-order valence-electron chi connectivity index (χ3n) is 8.40. The maximum Gasteiger partial charge on any atom is 0.317 e. The van der Waals surface area contributed by atoms with Crippen molar-refractivity contribution in [1.29, 1.82) is 0 Å². The molecule has 18 heteroatoms. The molecule has 6 N–H and O–H groups in total. The minimum absolute atomic E-state index is 0.126. The number of aryl methyl sites for hydroxylation is 1. The number of nitrogens with zero attached hydrogens (tertiary/aromatic N) is 4. The van der Waals surface area contributed by atoms with Crippen LogP contribution in [0.3, 0.4) is 0 Å². The Hall–Kier alpha value is -3.72. The van der Waals surface area contributed by atoms with Crippen LogP contribution in [0.15, 0.2) is 24.3 Å². The molecule has 0 spiro atoms. The van der Waals surface area contributed by atoms with Crippen molar-refractivity contribution in [3.63, 3.8) is 0 Å². The van der Waals surface area contributed by atoms with Gasteiger partial charge in [-0.25, -0.2) is 0 Å². The van der Waals surface area contributed by atoms with Crippen molar-refractivity contribution in [2.75, 3.05) is 78.5 Å². The first kappa shape index (κ1) is 44.4. The topological polar surface area (TPSA) is 229 Å². The first-order chi connectivity index (χ1) is 24.6. The normalized spacial score (nSPS) is 16.8. The number of hydrogen-bond donors (Lipinski definition) is 6. The van der Waals surface area contributed by atoms with Gasteiger partial charge in [-0.05, 0) is 72.9 Å². The summed E-state index contributed by atoms with van der Waals surface area (Å²) in [5.74, 6) is -5.16. The van der Waals surface area contributed by atoms with E-state index in [1.807, 2.05) is 24.3 Å². The Morgan fingerprint density at radius 2 is 1.12 bits per heavy atom. The van der Waals surface area contributed by atoms with Crippen LogP contribution in [-0.2, 0) is 40.0 Å². The number of rotatable bonds is 18. The lowest BCUT2D eigenvalue weighted by molar-refractivity contribution is -0.140. The molecule has 1 aromatic rings. The fourth-order valence-corrected chi connectivity index (χ4v) is 6.06. The molecule has 0 unspecified atom stereocenters. The van der Waals surface area contributed by atoms with E-state index in [1.165, 1.54) is 6.92 Å². The van der Waals surface area contributed by atoms with E-state index < -0.39 is 41.7 Å². The Balaban J connectivity index is 2.05. The minimum atomic E-state index is -1.09. The summed E-state index contributed by atoms with van der Waals surface area (Å²) in [5.41, 5.74) is 1.14. The smallest absolute Gasteiger partial charge is 0.317 e. The number of hydrogen-bond acceptors (Lipinski definition) is 11. The Kier molecular flexibility index (Phi) is 20.3. The number of halogens is 1. The minimum Gasteiger partial charge on any atom is -0.480 e. The molecule has 1 heterocycles. The lowest BCUT2D eigenvalue weighted by Gasteiger charge is -2.33. The highest BCUT2D eigenvalue weighted by atomic mass is 127. The zero-order valence-corrected chi connectivity index (χ0v) is 32.0. The molecule has 0 aromatic heterocycles. The molecule has 0 radical (unpaired) electrons. The van der Waals surface area contributed by atoms with Gasteiger partial charge in [0.1, 0.15) is 6.04 Å². The summed E-state index contributed by atoms with van der Waals surface area (Å²) in [7, 11) is 0. The number of carbonyl (C=O) groups is 7. The van der Waals surface area contributed by atoms with Gasteiger partial charge in [-0.2, -0.15) is 0 Å². The number of carbonyl (C=O) groups excluding carboxylic acids is 4. The standard InChI is InChI=1S/C34H52IN7O10/c1-24(36-29(44)5-3-4-26-7-9-27(35)10-8-26)6-11-28(34(52)37-25(2)43)38-30(45)20-39-12-14-40(21-31(46)47)16-18-42(23-33(50)51)19-17-41(15-13-39)22-32(48)49/h7-10,24,28H,3-6,11-23H2,1-2H3,(H,36,44)(H,38,45)(H,46,47)(H,48,49)(H,50,51)(H,37,43,52)/t24-,28+/m1/s1. The zero-order chi connectivity index (χ0) is 38.6. The van der Waals surface area contributed by atoms with Gasteiger partial charge in [-0.3, -0.25) is 58.5 Å². The van der Waals surface area contributed by atoms with E-state index in [4.69, 9.17) is 0 Å². The van der Waals surface area contributed by atoms with Crippen LogP contribution < -0.4 is 16.0 Å². The van der Waals surface area contributed by atoms with Crippen molar-refractivity contribution in [3.8, 4) is 0 Å². The lowest BCUT2D eigenvalue weighted by atomic mass is 10.1. The second-order valence-electron chi connectivity index (χ2n) is 13.0. The van der Waals surface area contributed by atoms with Gasteiger partial charge >= 0.3 is 17.9 Å². The monoisotopic (exact) mass is 845 g/mol. The molecular formula is C34H52IN7O10. The van der Waals surface area contributed by atoms with Crippen LogP contribution in [0, 0.1) is 3.57 Å². The SMILES string of the molecule is CC(=O)NC(=O)[C@H](CC[C@@H](C)NC(=O)CCCc1ccc(I)cc1)NC(=O)CN1CCN(CC(=O)O)CCN(CC(=O)O)CCN(CC(=O)O)CC1. The molecule has 2 rings (SSSR count). The molecule has 2 atom stereocenters. The zero-order valence-electron chi connectivity index (χ0n) is 29.9. The second-order valence-corrected chi connectivity index (χ2v) is 14.2. The van der Waals surface area contributed by atoms with E-state index >= 15 is 0 Å². The van der Waals surface area contributed by atoms with Crippen LogP contribution in [0.2, 0.25) is 0 Å². The van der Waals surface area contributed by atoms with Crippen LogP contribution in [0.4, 0.5) is 0 Å². The van der Waals surface area contributed by atoms with E-state index in [0.717, 1.165) is 15.6 Å². The van der Waals surface area contributed by atoms with Gasteiger partial charge in [0.05, 0.1) is 26.2 Å². The second kappa shape index (κ2) is 23.8. The summed E-state index contributed by atoms with van der Waals surface area (Å²) in [6, 6.07) is 6.68. The molecule has 0 saturated carbocycles. The van der Waals surface area contributed by atoms with Crippen LogP contribution in [0.1, 0.15) is 45.1 Å². The van der Waals surface area contributed by atoms with Crippen LogP contribution in [0.5, 0.6) is 0 Å². The number of amides is 4. The first-order valence-corrected chi connectivity index (χ1v) is 18.4. The molecule has 1 saturated heterocycles. The fourth-order valence-electron chi connectivity index (χ4n) is 5.70. The maximum atomic E-state index is 13.4. The van der Waals surface area contributed by atoms with Crippen molar-refractivity contribution >= 4 is 64.1 Å². The number of benzene rings is 1. The van der Waals surface area contributed by atoms with Crippen LogP contribution in [-0.4, -0.2) is 167 Å². The highest BCUT2D eigenvalue weighted by Gasteiger charge is 2.25. The van der Waals surface area contributed by atoms with E-state index in [0.29, 0.717) is 19.3 Å².